The third-order valence-electron chi connectivity index (χ3n) is 2.56. The zero-order chi connectivity index (χ0) is 15.2. The summed E-state index contributed by atoms with van der Waals surface area (Å²) >= 11 is 5.57. The van der Waals surface area contributed by atoms with Gasteiger partial charge in [-0.25, -0.2) is 12.7 Å². The highest BCUT2D eigenvalue weighted by atomic mass is 35.5. The molecule has 0 aliphatic heterocycles. The number of carbonyl (C=O) groups is 1. The maximum Gasteiger partial charge on any atom is 0.271 e. The third kappa shape index (κ3) is 5.40. The van der Waals surface area contributed by atoms with Crippen LogP contribution in [0.25, 0.3) is 0 Å². The Kier molecular flexibility index (Phi) is 6.31. The van der Waals surface area contributed by atoms with Crippen molar-refractivity contribution in [3.8, 4) is 0 Å². The van der Waals surface area contributed by atoms with Crippen LogP contribution < -0.4 is 5.32 Å². The molecule has 0 saturated carbocycles. The average molecular weight is 321 g/mol. The SMILES string of the molecule is CCN(CCCNC(=O)c1ccc(Cl)nn1)S(C)(=O)=O. The highest BCUT2D eigenvalue weighted by Gasteiger charge is 2.13. The molecule has 0 aromatic carbocycles. The molecule has 1 amide bonds. The Hall–Kier alpha value is -1.25. The van der Waals surface area contributed by atoms with Crippen molar-refractivity contribution in [3.05, 3.63) is 23.0 Å². The highest BCUT2D eigenvalue weighted by Crippen LogP contribution is 2.02. The summed E-state index contributed by atoms with van der Waals surface area (Å²) in [5, 5.41) is 10.1. The van der Waals surface area contributed by atoms with Crippen molar-refractivity contribution in [1.29, 1.82) is 0 Å². The van der Waals surface area contributed by atoms with Crippen LogP contribution in [0.3, 0.4) is 0 Å². The molecule has 1 rings (SSSR count). The fourth-order valence-corrected chi connectivity index (χ4v) is 2.57. The lowest BCUT2D eigenvalue weighted by molar-refractivity contribution is 0.0947. The fraction of sp³-hybridized carbons (Fsp3) is 0.545. The van der Waals surface area contributed by atoms with E-state index in [9.17, 15) is 13.2 Å². The monoisotopic (exact) mass is 320 g/mol. The van der Waals surface area contributed by atoms with Crippen molar-refractivity contribution in [2.45, 2.75) is 13.3 Å². The molecule has 0 aliphatic carbocycles. The minimum Gasteiger partial charge on any atom is -0.351 e. The van der Waals surface area contributed by atoms with Crippen molar-refractivity contribution >= 4 is 27.5 Å². The molecule has 9 heteroatoms. The van der Waals surface area contributed by atoms with Crippen LogP contribution in [0.4, 0.5) is 0 Å². The minimum absolute atomic E-state index is 0.171. The summed E-state index contributed by atoms with van der Waals surface area (Å²) in [4.78, 5) is 11.7. The summed E-state index contributed by atoms with van der Waals surface area (Å²) in [5.74, 6) is -0.364. The molecule has 0 spiro atoms. The molecule has 20 heavy (non-hydrogen) atoms. The van der Waals surface area contributed by atoms with Gasteiger partial charge in [0.15, 0.2) is 10.8 Å². The van der Waals surface area contributed by atoms with Crippen LogP contribution in [-0.2, 0) is 10.0 Å². The van der Waals surface area contributed by atoms with E-state index in [1.54, 1.807) is 6.92 Å². The van der Waals surface area contributed by atoms with Gasteiger partial charge < -0.3 is 5.32 Å². The van der Waals surface area contributed by atoms with E-state index in [4.69, 9.17) is 11.6 Å². The smallest absolute Gasteiger partial charge is 0.271 e. The van der Waals surface area contributed by atoms with E-state index in [-0.39, 0.29) is 16.8 Å². The fourth-order valence-electron chi connectivity index (χ4n) is 1.54. The minimum atomic E-state index is -3.19. The molecule has 7 nitrogen and oxygen atoms in total. The average Bonchev–Trinajstić information content (AvgIpc) is 2.37. The molecule has 1 aromatic heterocycles. The zero-order valence-corrected chi connectivity index (χ0v) is 12.9. The van der Waals surface area contributed by atoms with Gasteiger partial charge in [0.2, 0.25) is 10.0 Å². The van der Waals surface area contributed by atoms with Crippen LogP contribution in [0, 0.1) is 0 Å². The molecule has 0 fully saturated rings. The molecule has 0 unspecified atom stereocenters. The van der Waals surface area contributed by atoms with Crippen molar-refractivity contribution in [2.75, 3.05) is 25.9 Å². The molecule has 1 aromatic rings. The van der Waals surface area contributed by atoms with Gasteiger partial charge in [0.05, 0.1) is 6.26 Å². The Bertz CT molecular complexity index is 547. The largest absolute Gasteiger partial charge is 0.351 e. The summed E-state index contributed by atoms with van der Waals surface area (Å²) < 4.78 is 24.1. The predicted molar refractivity (Wildman–Crippen MR) is 76.1 cm³/mol. The summed E-state index contributed by atoms with van der Waals surface area (Å²) in [5.41, 5.74) is 0.171. The number of hydrogen-bond donors (Lipinski definition) is 1. The van der Waals surface area contributed by atoms with Gasteiger partial charge in [0.1, 0.15) is 0 Å². The second-order valence-electron chi connectivity index (χ2n) is 4.11. The van der Waals surface area contributed by atoms with Crippen molar-refractivity contribution in [1.82, 2.24) is 19.8 Å². The zero-order valence-electron chi connectivity index (χ0n) is 11.3. The topological polar surface area (TPSA) is 92.3 Å². The summed E-state index contributed by atoms with van der Waals surface area (Å²) in [7, 11) is -3.19. The number of hydrogen-bond acceptors (Lipinski definition) is 5. The Morgan fingerprint density at radius 2 is 2.10 bits per heavy atom. The molecule has 0 atom stereocenters. The second-order valence-corrected chi connectivity index (χ2v) is 6.48. The first-order chi connectivity index (χ1) is 9.34. The Morgan fingerprint density at radius 3 is 2.60 bits per heavy atom. The van der Waals surface area contributed by atoms with Gasteiger partial charge in [-0.05, 0) is 18.6 Å². The Morgan fingerprint density at radius 1 is 1.40 bits per heavy atom. The van der Waals surface area contributed by atoms with Gasteiger partial charge in [0.25, 0.3) is 5.91 Å². The number of amides is 1. The van der Waals surface area contributed by atoms with Gasteiger partial charge in [-0.3, -0.25) is 4.79 Å². The maximum absolute atomic E-state index is 11.7. The number of aromatic nitrogens is 2. The molecule has 0 aliphatic rings. The summed E-state index contributed by atoms with van der Waals surface area (Å²) in [6, 6.07) is 2.95. The number of nitrogens with zero attached hydrogens (tertiary/aromatic N) is 3. The van der Waals surface area contributed by atoms with Gasteiger partial charge in [-0.2, -0.15) is 0 Å². The number of sulfonamides is 1. The first-order valence-electron chi connectivity index (χ1n) is 6.07. The third-order valence-corrected chi connectivity index (χ3v) is 4.14. The van der Waals surface area contributed by atoms with Crippen LogP contribution in [0.1, 0.15) is 23.8 Å². The normalized spacial score (nSPS) is 11.6. The van der Waals surface area contributed by atoms with E-state index in [1.165, 1.54) is 22.7 Å². The number of carbonyl (C=O) groups excluding carboxylic acids is 1. The second kappa shape index (κ2) is 7.51. The quantitative estimate of drug-likeness (QED) is 0.740. The molecular formula is C11H17ClN4O3S. The highest BCUT2D eigenvalue weighted by molar-refractivity contribution is 7.88. The van der Waals surface area contributed by atoms with Crippen LogP contribution in [0.2, 0.25) is 5.15 Å². The van der Waals surface area contributed by atoms with Gasteiger partial charge in [-0.15, -0.1) is 10.2 Å². The first-order valence-corrected chi connectivity index (χ1v) is 8.29. The molecular weight excluding hydrogens is 304 g/mol. The Labute approximate surface area is 123 Å². The summed E-state index contributed by atoms with van der Waals surface area (Å²) in [6.07, 6.45) is 1.69. The Balaban J connectivity index is 2.37. The molecule has 0 radical (unpaired) electrons. The number of nitrogens with one attached hydrogen (secondary N) is 1. The number of rotatable bonds is 7. The van der Waals surface area contributed by atoms with E-state index in [0.717, 1.165) is 0 Å². The molecule has 1 N–H and O–H groups in total. The predicted octanol–water partition coefficient (Wildman–Crippen LogP) is 0.531. The number of halogens is 1. The van der Waals surface area contributed by atoms with E-state index in [2.05, 4.69) is 15.5 Å². The maximum atomic E-state index is 11.7. The summed E-state index contributed by atoms with van der Waals surface area (Å²) in [6.45, 7) is 2.90. The van der Waals surface area contributed by atoms with Crippen molar-refractivity contribution in [3.63, 3.8) is 0 Å². The van der Waals surface area contributed by atoms with Gasteiger partial charge in [0, 0.05) is 19.6 Å². The van der Waals surface area contributed by atoms with Crippen molar-refractivity contribution in [2.24, 2.45) is 0 Å². The van der Waals surface area contributed by atoms with Crippen LogP contribution in [-0.4, -0.2) is 54.7 Å². The van der Waals surface area contributed by atoms with Gasteiger partial charge in [-0.1, -0.05) is 18.5 Å². The molecule has 1 heterocycles. The van der Waals surface area contributed by atoms with Crippen molar-refractivity contribution < 1.29 is 13.2 Å². The van der Waals surface area contributed by atoms with E-state index < -0.39 is 10.0 Å². The lowest BCUT2D eigenvalue weighted by Crippen LogP contribution is -2.33. The van der Waals surface area contributed by atoms with Crippen LogP contribution in [0.5, 0.6) is 0 Å². The first kappa shape index (κ1) is 16.8. The molecule has 112 valence electrons. The van der Waals surface area contributed by atoms with Crippen LogP contribution in [0.15, 0.2) is 12.1 Å². The van der Waals surface area contributed by atoms with E-state index in [1.807, 2.05) is 0 Å². The molecule has 0 saturated heterocycles. The lowest BCUT2D eigenvalue weighted by Gasteiger charge is -2.17. The standard InChI is InChI=1S/C11H17ClN4O3S/c1-3-16(20(2,18)19)8-4-7-13-11(17)9-5-6-10(12)15-14-9/h5-6H,3-4,7-8H2,1-2H3,(H,13,17). The van der Waals surface area contributed by atoms with Crippen LogP contribution >= 0.6 is 11.6 Å². The van der Waals surface area contributed by atoms with E-state index >= 15 is 0 Å². The van der Waals surface area contributed by atoms with Gasteiger partial charge >= 0.3 is 0 Å². The molecule has 0 bridgehead atoms. The van der Waals surface area contributed by atoms with E-state index in [0.29, 0.717) is 26.1 Å². The lowest BCUT2D eigenvalue weighted by atomic mass is 10.3.